The Morgan fingerprint density at radius 1 is 1.33 bits per heavy atom. The van der Waals surface area contributed by atoms with E-state index in [4.69, 9.17) is 11.6 Å². The number of hydrogen-bond donors (Lipinski definition) is 2. The largest absolute Gasteiger partial charge is 0.367 e. The Morgan fingerprint density at radius 2 is 2.11 bits per heavy atom. The molecule has 0 fully saturated rings. The van der Waals surface area contributed by atoms with E-state index in [1.54, 1.807) is 12.1 Å². The van der Waals surface area contributed by atoms with Crippen LogP contribution in [0.1, 0.15) is 15.9 Å². The van der Waals surface area contributed by atoms with Gasteiger partial charge in [0.25, 0.3) is 5.91 Å². The molecule has 2 N–H and O–H groups in total. The summed E-state index contributed by atoms with van der Waals surface area (Å²) in [5.74, 6) is -0.484. The van der Waals surface area contributed by atoms with Crippen molar-refractivity contribution in [2.75, 3.05) is 5.32 Å². The van der Waals surface area contributed by atoms with Crippen molar-refractivity contribution >= 4 is 23.2 Å². The molecule has 92 valence electrons. The zero-order valence-electron chi connectivity index (χ0n) is 9.66. The second-order valence-electron chi connectivity index (χ2n) is 3.86. The third-order valence-corrected chi connectivity index (χ3v) is 2.75. The van der Waals surface area contributed by atoms with Crippen molar-refractivity contribution in [3.8, 4) is 0 Å². The minimum atomic E-state index is -0.484. The van der Waals surface area contributed by atoms with Gasteiger partial charge in [0.15, 0.2) is 5.43 Å². The summed E-state index contributed by atoms with van der Waals surface area (Å²) >= 11 is 6.00. The van der Waals surface area contributed by atoms with Gasteiger partial charge in [0, 0.05) is 18.5 Å². The quantitative estimate of drug-likeness (QED) is 0.874. The maximum absolute atomic E-state index is 11.9. The molecule has 0 atom stereocenters. The van der Waals surface area contributed by atoms with Crippen LogP contribution in [-0.2, 0) is 0 Å². The summed E-state index contributed by atoms with van der Waals surface area (Å²) in [5, 5.41) is 3.04. The summed E-state index contributed by atoms with van der Waals surface area (Å²) in [6, 6.07) is 6.57. The van der Waals surface area contributed by atoms with Crippen LogP contribution in [0.5, 0.6) is 0 Å². The molecule has 0 saturated heterocycles. The summed E-state index contributed by atoms with van der Waals surface area (Å²) < 4.78 is 0. The minimum absolute atomic E-state index is 0.0501. The highest BCUT2D eigenvalue weighted by Gasteiger charge is 2.11. The van der Waals surface area contributed by atoms with Crippen LogP contribution < -0.4 is 10.7 Å². The molecule has 0 saturated carbocycles. The second kappa shape index (κ2) is 5.06. The maximum Gasteiger partial charge on any atom is 0.261 e. The fraction of sp³-hybridized carbons (Fsp3) is 0.0769. The van der Waals surface area contributed by atoms with Gasteiger partial charge in [0.2, 0.25) is 0 Å². The van der Waals surface area contributed by atoms with E-state index in [2.05, 4.69) is 10.3 Å². The van der Waals surface area contributed by atoms with Gasteiger partial charge in [-0.3, -0.25) is 9.59 Å². The number of pyridine rings is 1. The van der Waals surface area contributed by atoms with Crippen molar-refractivity contribution < 1.29 is 4.79 Å². The van der Waals surface area contributed by atoms with Crippen LogP contribution in [0.15, 0.2) is 41.5 Å². The number of aromatic nitrogens is 1. The number of benzene rings is 1. The van der Waals surface area contributed by atoms with Crippen LogP contribution in [-0.4, -0.2) is 10.9 Å². The summed E-state index contributed by atoms with van der Waals surface area (Å²) in [6.07, 6.45) is 2.83. The summed E-state index contributed by atoms with van der Waals surface area (Å²) in [4.78, 5) is 26.1. The number of amides is 1. The average molecular weight is 263 g/mol. The standard InChI is InChI=1S/C13H11ClN2O2/c1-8-2-3-11(10(14)6-8)16-13(18)9-7-15-5-4-12(9)17/h2-7H,1H3,(H,15,17)(H,16,18). The first kappa shape index (κ1) is 12.4. The number of carbonyl (C=O) groups is 1. The number of nitrogens with one attached hydrogen (secondary N) is 2. The van der Waals surface area contributed by atoms with Gasteiger partial charge in [-0.05, 0) is 24.6 Å². The van der Waals surface area contributed by atoms with E-state index in [9.17, 15) is 9.59 Å². The van der Waals surface area contributed by atoms with Gasteiger partial charge in [-0.2, -0.15) is 0 Å². The summed E-state index contributed by atoms with van der Waals surface area (Å²) in [7, 11) is 0. The zero-order chi connectivity index (χ0) is 13.1. The monoisotopic (exact) mass is 262 g/mol. The first-order chi connectivity index (χ1) is 8.58. The molecule has 0 spiro atoms. The SMILES string of the molecule is Cc1ccc(NC(=O)c2c[nH]ccc2=O)c(Cl)c1. The molecule has 4 nitrogen and oxygen atoms in total. The number of carbonyl (C=O) groups excluding carboxylic acids is 1. The average Bonchev–Trinajstić information content (AvgIpc) is 2.33. The first-order valence-electron chi connectivity index (χ1n) is 5.32. The van der Waals surface area contributed by atoms with E-state index in [0.29, 0.717) is 10.7 Å². The van der Waals surface area contributed by atoms with E-state index in [1.165, 1.54) is 18.5 Å². The predicted molar refractivity (Wildman–Crippen MR) is 71.2 cm³/mol. The lowest BCUT2D eigenvalue weighted by Gasteiger charge is -2.07. The topological polar surface area (TPSA) is 62.0 Å². The van der Waals surface area contributed by atoms with Crippen LogP contribution in [0, 0.1) is 6.92 Å². The van der Waals surface area contributed by atoms with Crippen molar-refractivity contribution in [3.63, 3.8) is 0 Å². The molecular formula is C13H11ClN2O2. The van der Waals surface area contributed by atoms with Crippen LogP contribution in [0.3, 0.4) is 0 Å². The number of hydrogen-bond acceptors (Lipinski definition) is 2. The highest BCUT2D eigenvalue weighted by atomic mass is 35.5. The normalized spacial score (nSPS) is 10.1. The van der Waals surface area contributed by atoms with Crippen LogP contribution in [0.2, 0.25) is 5.02 Å². The Kier molecular flexibility index (Phi) is 3.48. The number of aromatic amines is 1. The maximum atomic E-state index is 11.9. The molecular weight excluding hydrogens is 252 g/mol. The van der Waals surface area contributed by atoms with E-state index >= 15 is 0 Å². The third-order valence-electron chi connectivity index (χ3n) is 2.44. The minimum Gasteiger partial charge on any atom is -0.367 e. The Morgan fingerprint density at radius 3 is 2.78 bits per heavy atom. The highest BCUT2D eigenvalue weighted by Crippen LogP contribution is 2.22. The fourth-order valence-electron chi connectivity index (χ4n) is 1.50. The first-order valence-corrected chi connectivity index (χ1v) is 5.70. The number of H-pyrrole nitrogens is 1. The molecule has 1 heterocycles. The molecule has 1 aromatic carbocycles. The van der Waals surface area contributed by atoms with Gasteiger partial charge >= 0.3 is 0 Å². The molecule has 5 heteroatoms. The van der Waals surface area contributed by atoms with E-state index in [1.807, 2.05) is 13.0 Å². The fourth-order valence-corrected chi connectivity index (χ4v) is 1.79. The van der Waals surface area contributed by atoms with Gasteiger partial charge < -0.3 is 10.3 Å². The lowest BCUT2D eigenvalue weighted by atomic mass is 10.2. The molecule has 18 heavy (non-hydrogen) atoms. The molecule has 0 aliphatic heterocycles. The van der Waals surface area contributed by atoms with Crippen LogP contribution in [0.25, 0.3) is 0 Å². The zero-order valence-corrected chi connectivity index (χ0v) is 10.4. The molecule has 0 aliphatic carbocycles. The smallest absolute Gasteiger partial charge is 0.261 e. The summed E-state index contributed by atoms with van der Waals surface area (Å²) in [5.41, 5.74) is 1.19. The summed E-state index contributed by atoms with van der Waals surface area (Å²) in [6.45, 7) is 1.90. The Hall–Kier alpha value is -2.07. The van der Waals surface area contributed by atoms with Crippen molar-refractivity contribution in [2.24, 2.45) is 0 Å². The van der Waals surface area contributed by atoms with Gasteiger partial charge in [-0.15, -0.1) is 0 Å². The highest BCUT2D eigenvalue weighted by molar-refractivity contribution is 6.34. The number of aryl methyl sites for hydroxylation is 1. The van der Waals surface area contributed by atoms with E-state index in [0.717, 1.165) is 5.56 Å². The van der Waals surface area contributed by atoms with Gasteiger partial charge in [0.1, 0.15) is 5.56 Å². The predicted octanol–water partition coefficient (Wildman–Crippen LogP) is 2.59. The van der Waals surface area contributed by atoms with Gasteiger partial charge in [-0.25, -0.2) is 0 Å². The van der Waals surface area contributed by atoms with Gasteiger partial charge in [-0.1, -0.05) is 17.7 Å². The third kappa shape index (κ3) is 2.60. The molecule has 1 aromatic heterocycles. The molecule has 0 unspecified atom stereocenters. The van der Waals surface area contributed by atoms with E-state index in [-0.39, 0.29) is 11.0 Å². The van der Waals surface area contributed by atoms with Crippen LogP contribution >= 0.6 is 11.6 Å². The van der Waals surface area contributed by atoms with Crippen LogP contribution in [0.4, 0.5) is 5.69 Å². The Labute approximate surface area is 109 Å². The van der Waals surface area contributed by atoms with Crippen molar-refractivity contribution in [1.29, 1.82) is 0 Å². The van der Waals surface area contributed by atoms with Crippen molar-refractivity contribution in [1.82, 2.24) is 4.98 Å². The Bertz CT molecular complexity index is 649. The molecule has 0 bridgehead atoms. The number of anilines is 1. The number of rotatable bonds is 2. The Balaban J connectivity index is 2.27. The van der Waals surface area contributed by atoms with E-state index < -0.39 is 5.91 Å². The molecule has 2 rings (SSSR count). The molecule has 0 radical (unpaired) electrons. The van der Waals surface area contributed by atoms with Crippen molar-refractivity contribution in [2.45, 2.75) is 6.92 Å². The molecule has 2 aromatic rings. The van der Waals surface area contributed by atoms with Gasteiger partial charge in [0.05, 0.1) is 10.7 Å². The lowest BCUT2D eigenvalue weighted by Crippen LogP contribution is -2.20. The lowest BCUT2D eigenvalue weighted by molar-refractivity contribution is 0.102. The molecule has 1 amide bonds. The second-order valence-corrected chi connectivity index (χ2v) is 4.27. The molecule has 0 aliphatic rings. The van der Waals surface area contributed by atoms with Crippen molar-refractivity contribution in [3.05, 3.63) is 63.0 Å². The number of halogens is 1.